The second-order valence-corrected chi connectivity index (χ2v) is 5.24. The molecule has 1 aliphatic carbocycles. The van der Waals surface area contributed by atoms with E-state index in [1.54, 1.807) is 5.56 Å². The van der Waals surface area contributed by atoms with Crippen molar-refractivity contribution < 1.29 is 0 Å². The quantitative estimate of drug-likeness (QED) is 0.675. The molecule has 0 spiro atoms. The third-order valence-corrected chi connectivity index (χ3v) is 4.27. The Hall–Kier alpha value is -0.820. The number of benzene rings is 1. The summed E-state index contributed by atoms with van der Waals surface area (Å²) in [5.41, 5.74) is 1.57. The summed E-state index contributed by atoms with van der Waals surface area (Å²) in [6.45, 7) is 2.64. The van der Waals surface area contributed by atoms with E-state index in [1.165, 1.54) is 25.9 Å². The zero-order valence-corrected chi connectivity index (χ0v) is 9.39. The van der Waals surface area contributed by atoms with Crippen molar-refractivity contribution in [2.75, 3.05) is 20.1 Å². The molecule has 2 fully saturated rings. The molecule has 1 aromatic carbocycles. The van der Waals surface area contributed by atoms with Crippen molar-refractivity contribution in [3.05, 3.63) is 35.9 Å². The highest BCUT2D eigenvalue weighted by Gasteiger charge is 2.41. The van der Waals surface area contributed by atoms with Crippen molar-refractivity contribution in [1.82, 2.24) is 4.90 Å². The zero-order chi connectivity index (χ0) is 10.3. The summed E-state index contributed by atoms with van der Waals surface area (Å²) in [7, 11) is 2.26. The van der Waals surface area contributed by atoms with Gasteiger partial charge in [-0.25, -0.2) is 0 Å². The summed E-state index contributed by atoms with van der Waals surface area (Å²) in [6.07, 6.45) is 2.85. The lowest BCUT2D eigenvalue weighted by Crippen LogP contribution is -2.17. The van der Waals surface area contributed by atoms with Crippen LogP contribution in [0.5, 0.6) is 0 Å². The highest BCUT2D eigenvalue weighted by atomic mass is 15.1. The summed E-state index contributed by atoms with van der Waals surface area (Å²) in [4.78, 5) is 2.50. The molecule has 0 amide bonds. The standard InChI is InChI=1S/C14H19N/c1-15-9-12-7-8-13(14(12)10-15)11-5-3-2-4-6-11/h2-6,12-14H,7-10H2,1H3. The molecule has 0 N–H and O–H groups in total. The third kappa shape index (κ3) is 1.59. The smallest absolute Gasteiger partial charge is 0.00157 e. The lowest BCUT2D eigenvalue weighted by molar-refractivity contribution is 0.369. The predicted octanol–water partition coefficient (Wildman–Crippen LogP) is 2.74. The first-order chi connectivity index (χ1) is 7.34. The average molecular weight is 201 g/mol. The number of hydrogen-bond acceptors (Lipinski definition) is 1. The van der Waals surface area contributed by atoms with Gasteiger partial charge in [0, 0.05) is 13.1 Å². The van der Waals surface area contributed by atoms with Crippen LogP contribution in [0.4, 0.5) is 0 Å². The van der Waals surface area contributed by atoms with Gasteiger partial charge in [0.25, 0.3) is 0 Å². The van der Waals surface area contributed by atoms with Gasteiger partial charge in [-0.05, 0) is 43.2 Å². The lowest BCUT2D eigenvalue weighted by Gasteiger charge is -2.19. The third-order valence-electron chi connectivity index (χ3n) is 4.27. The van der Waals surface area contributed by atoms with Crippen molar-refractivity contribution in [3.8, 4) is 0 Å². The van der Waals surface area contributed by atoms with Crippen LogP contribution in [-0.4, -0.2) is 25.0 Å². The minimum atomic E-state index is 0.834. The second-order valence-electron chi connectivity index (χ2n) is 5.24. The molecular formula is C14H19N. The number of hydrogen-bond donors (Lipinski definition) is 0. The topological polar surface area (TPSA) is 3.24 Å². The SMILES string of the molecule is CN1CC2CCC(c3ccccc3)C2C1. The Kier molecular flexibility index (Phi) is 2.28. The van der Waals surface area contributed by atoms with Crippen molar-refractivity contribution >= 4 is 0 Å². The van der Waals surface area contributed by atoms with Gasteiger partial charge in [0.2, 0.25) is 0 Å². The maximum absolute atomic E-state index is 2.50. The van der Waals surface area contributed by atoms with Gasteiger partial charge in [0.15, 0.2) is 0 Å². The van der Waals surface area contributed by atoms with Gasteiger partial charge in [-0.3, -0.25) is 0 Å². The Morgan fingerprint density at radius 3 is 2.67 bits per heavy atom. The first-order valence-corrected chi connectivity index (χ1v) is 6.08. The van der Waals surface area contributed by atoms with Crippen LogP contribution in [0.1, 0.15) is 24.3 Å². The monoisotopic (exact) mass is 201 g/mol. The maximum atomic E-state index is 2.50. The van der Waals surface area contributed by atoms with Crippen LogP contribution in [0, 0.1) is 11.8 Å². The van der Waals surface area contributed by atoms with Crippen molar-refractivity contribution in [3.63, 3.8) is 0 Å². The molecule has 2 aliphatic rings. The normalized spacial score (nSPS) is 35.7. The van der Waals surface area contributed by atoms with Crippen LogP contribution in [0.2, 0.25) is 0 Å². The molecule has 1 heterocycles. The summed E-state index contributed by atoms with van der Waals surface area (Å²) < 4.78 is 0. The van der Waals surface area contributed by atoms with Crippen molar-refractivity contribution in [1.29, 1.82) is 0 Å². The van der Waals surface area contributed by atoms with Crippen LogP contribution >= 0.6 is 0 Å². The minimum Gasteiger partial charge on any atom is -0.306 e. The fourth-order valence-corrected chi connectivity index (χ4v) is 3.60. The van der Waals surface area contributed by atoms with Gasteiger partial charge >= 0.3 is 0 Å². The molecule has 1 saturated heterocycles. The van der Waals surface area contributed by atoms with E-state index in [9.17, 15) is 0 Å². The number of nitrogens with zero attached hydrogens (tertiary/aromatic N) is 1. The first-order valence-electron chi connectivity index (χ1n) is 6.08. The minimum absolute atomic E-state index is 0.834. The summed E-state index contributed by atoms with van der Waals surface area (Å²) in [5.74, 6) is 2.73. The van der Waals surface area contributed by atoms with E-state index in [1.807, 2.05) is 0 Å². The molecule has 0 radical (unpaired) electrons. The molecule has 0 aromatic heterocycles. The highest BCUT2D eigenvalue weighted by molar-refractivity contribution is 5.22. The van der Waals surface area contributed by atoms with Crippen LogP contribution in [0.25, 0.3) is 0 Å². The molecule has 1 aliphatic heterocycles. The van der Waals surface area contributed by atoms with E-state index < -0.39 is 0 Å². The van der Waals surface area contributed by atoms with E-state index in [4.69, 9.17) is 0 Å². The Bertz CT molecular complexity index is 332. The number of likely N-dealkylation sites (tertiary alicyclic amines) is 1. The molecule has 0 bridgehead atoms. The van der Waals surface area contributed by atoms with Gasteiger partial charge in [-0.15, -0.1) is 0 Å². The van der Waals surface area contributed by atoms with E-state index in [0.717, 1.165) is 17.8 Å². The van der Waals surface area contributed by atoms with Crippen molar-refractivity contribution in [2.45, 2.75) is 18.8 Å². The molecular weight excluding hydrogens is 182 g/mol. The van der Waals surface area contributed by atoms with Crippen LogP contribution in [0.3, 0.4) is 0 Å². The van der Waals surface area contributed by atoms with Crippen LogP contribution in [-0.2, 0) is 0 Å². The molecule has 80 valence electrons. The lowest BCUT2D eigenvalue weighted by atomic mass is 9.87. The predicted molar refractivity (Wildman–Crippen MR) is 62.9 cm³/mol. The Morgan fingerprint density at radius 2 is 1.87 bits per heavy atom. The molecule has 1 nitrogen and oxygen atoms in total. The van der Waals surface area contributed by atoms with E-state index in [-0.39, 0.29) is 0 Å². The Balaban J connectivity index is 1.84. The van der Waals surface area contributed by atoms with E-state index in [0.29, 0.717) is 0 Å². The molecule has 3 rings (SSSR count). The highest BCUT2D eigenvalue weighted by Crippen LogP contribution is 2.46. The first kappa shape index (κ1) is 9.41. The average Bonchev–Trinajstić information content (AvgIpc) is 2.77. The molecule has 1 aromatic rings. The fraction of sp³-hybridized carbons (Fsp3) is 0.571. The largest absolute Gasteiger partial charge is 0.306 e. The van der Waals surface area contributed by atoms with E-state index in [2.05, 4.69) is 42.3 Å². The number of fused-ring (bicyclic) bond motifs is 1. The van der Waals surface area contributed by atoms with Crippen LogP contribution < -0.4 is 0 Å². The zero-order valence-electron chi connectivity index (χ0n) is 9.39. The van der Waals surface area contributed by atoms with Gasteiger partial charge in [-0.2, -0.15) is 0 Å². The molecule has 1 saturated carbocycles. The maximum Gasteiger partial charge on any atom is 0.00157 e. The van der Waals surface area contributed by atoms with Gasteiger partial charge in [0.05, 0.1) is 0 Å². The summed E-state index contributed by atoms with van der Waals surface area (Å²) in [6, 6.07) is 11.1. The molecule has 3 unspecified atom stereocenters. The Morgan fingerprint density at radius 1 is 1.07 bits per heavy atom. The molecule has 1 heteroatoms. The number of rotatable bonds is 1. The van der Waals surface area contributed by atoms with Crippen molar-refractivity contribution in [2.24, 2.45) is 11.8 Å². The fourth-order valence-electron chi connectivity index (χ4n) is 3.60. The molecule has 15 heavy (non-hydrogen) atoms. The van der Waals surface area contributed by atoms with Gasteiger partial charge < -0.3 is 4.90 Å². The second kappa shape index (κ2) is 3.64. The Labute approximate surface area is 92.1 Å². The molecule has 3 atom stereocenters. The van der Waals surface area contributed by atoms with E-state index >= 15 is 0 Å². The summed E-state index contributed by atoms with van der Waals surface area (Å²) >= 11 is 0. The van der Waals surface area contributed by atoms with Gasteiger partial charge in [0.1, 0.15) is 0 Å². The summed E-state index contributed by atoms with van der Waals surface area (Å²) in [5, 5.41) is 0. The van der Waals surface area contributed by atoms with Gasteiger partial charge in [-0.1, -0.05) is 30.3 Å². The van der Waals surface area contributed by atoms with Crippen LogP contribution in [0.15, 0.2) is 30.3 Å².